The SMILES string of the molecule is CC1CCCCC1NS(=O)(=O)c1cc(Cl)cc(N)c1Br. The normalized spacial score (nSPS) is 23.8. The topological polar surface area (TPSA) is 72.2 Å². The Hall–Kier alpha value is -0.300. The third-order valence-corrected chi connectivity index (χ3v) is 6.62. The van der Waals surface area contributed by atoms with Crippen LogP contribution in [0.15, 0.2) is 21.5 Å². The molecule has 0 aromatic heterocycles. The van der Waals surface area contributed by atoms with Gasteiger partial charge in [0.15, 0.2) is 0 Å². The van der Waals surface area contributed by atoms with Gasteiger partial charge in [-0.1, -0.05) is 31.4 Å². The third kappa shape index (κ3) is 3.47. The van der Waals surface area contributed by atoms with Gasteiger partial charge in [-0.05, 0) is 46.8 Å². The molecule has 7 heteroatoms. The summed E-state index contributed by atoms with van der Waals surface area (Å²) in [7, 11) is -3.63. The summed E-state index contributed by atoms with van der Waals surface area (Å²) in [5.74, 6) is 0.342. The highest BCUT2D eigenvalue weighted by molar-refractivity contribution is 9.10. The van der Waals surface area contributed by atoms with E-state index in [0.29, 0.717) is 21.1 Å². The molecule has 1 aromatic carbocycles. The second-order valence-electron chi connectivity index (χ2n) is 5.30. The first-order valence-corrected chi connectivity index (χ1v) is 9.23. The Morgan fingerprint density at radius 1 is 1.35 bits per heavy atom. The van der Waals surface area contributed by atoms with Crippen LogP contribution in [0.2, 0.25) is 5.02 Å². The van der Waals surface area contributed by atoms with Crippen molar-refractivity contribution in [1.29, 1.82) is 0 Å². The zero-order chi connectivity index (χ0) is 14.9. The second-order valence-corrected chi connectivity index (χ2v) is 8.21. The Kier molecular flexibility index (Phi) is 5.00. The van der Waals surface area contributed by atoms with Gasteiger partial charge in [0.25, 0.3) is 0 Å². The van der Waals surface area contributed by atoms with Crippen LogP contribution in [0.1, 0.15) is 32.6 Å². The number of nitrogens with two attached hydrogens (primary N) is 1. The molecular formula is C13H18BrClN2O2S. The van der Waals surface area contributed by atoms with E-state index >= 15 is 0 Å². The molecule has 0 bridgehead atoms. The molecule has 3 N–H and O–H groups in total. The van der Waals surface area contributed by atoms with Crippen LogP contribution in [0.25, 0.3) is 0 Å². The van der Waals surface area contributed by atoms with Gasteiger partial charge in [0.2, 0.25) is 10.0 Å². The number of benzene rings is 1. The standard InChI is InChI=1S/C13H18BrClN2O2S/c1-8-4-2-3-5-11(8)17-20(18,19)12-7-9(15)6-10(16)13(12)14/h6-8,11,17H,2-5,16H2,1H3. The second kappa shape index (κ2) is 6.22. The largest absolute Gasteiger partial charge is 0.398 e. The third-order valence-electron chi connectivity index (χ3n) is 3.74. The van der Waals surface area contributed by atoms with Crippen molar-refractivity contribution in [3.8, 4) is 0 Å². The Balaban J connectivity index is 2.31. The molecule has 0 heterocycles. The molecule has 0 aliphatic heterocycles. The van der Waals surface area contributed by atoms with Crippen LogP contribution in [0.5, 0.6) is 0 Å². The van der Waals surface area contributed by atoms with E-state index < -0.39 is 10.0 Å². The lowest BCUT2D eigenvalue weighted by atomic mass is 9.87. The molecule has 1 saturated carbocycles. The van der Waals surface area contributed by atoms with Gasteiger partial charge >= 0.3 is 0 Å². The van der Waals surface area contributed by atoms with Gasteiger partial charge < -0.3 is 5.73 Å². The van der Waals surface area contributed by atoms with E-state index in [4.69, 9.17) is 17.3 Å². The highest BCUT2D eigenvalue weighted by Gasteiger charge is 2.28. The lowest BCUT2D eigenvalue weighted by molar-refractivity contribution is 0.310. The number of halogens is 2. The molecule has 2 rings (SSSR count). The molecule has 1 fully saturated rings. The zero-order valence-corrected chi connectivity index (χ0v) is 14.4. The minimum absolute atomic E-state index is 0.0270. The molecule has 4 nitrogen and oxygen atoms in total. The molecule has 2 atom stereocenters. The van der Waals surface area contributed by atoms with E-state index in [1.54, 1.807) is 0 Å². The van der Waals surface area contributed by atoms with E-state index in [9.17, 15) is 8.42 Å². The number of sulfonamides is 1. The van der Waals surface area contributed by atoms with Gasteiger partial charge in [-0.2, -0.15) is 0 Å². The highest BCUT2D eigenvalue weighted by atomic mass is 79.9. The van der Waals surface area contributed by atoms with E-state index in [1.807, 2.05) is 0 Å². The highest BCUT2D eigenvalue weighted by Crippen LogP contribution is 2.32. The lowest BCUT2D eigenvalue weighted by Gasteiger charge is -2.29. The summed E-state index contributed by atoms with van der Waals surface area (Å²) in [5, 5.41) is 0.308. The summed E-state index contributed by atoms with van der Waals surface area (Å²) >= 11 is 9.13. The van der Waals surface area contributed by atoms with E-state index in [1.165, 1.54) is 12.1 Å². The van der Waals surface area contributed by atoms with Crippen LogP contribution < -0.4 is 10.5 Å². The van der Waals surface area contributed by atoms with Gasteiger partial charge in [-0.25, -0.2) is 13.1 Å². The van der Waals surface area contributed by atoms with E-state index in [-0.39, 0.29) is 10.9 Å². The maximum absolute atomic E-state index is 12.5. The molecule has 1 aliphatic carbocycles. The molecule has 0 radical (unpaired) electrons. The predicted octanol–water partition coefficient (Wildman–Crippen LogP) is 3.54. The summed E-state index contributed by atoms with van der Waals surface area (Å²) in [6.07, 6.45) is 4.13. The molecule has 112 valence electrons. The number of hydrogen-bond donors (Lipinski definition) is 2. The molecular weight excluding hydrogens is 364 g/mol. The average molecular weight is 382 g/mol. The van der Waals surface area contributed by atoms with Crippen molar-refractivity contribution < 1.29 is 8.42 Å². The van der Waals surface area contributed by atoms with Crippen LogP contribution in [0, 0.1) is 5.92 Å². The van der Waals surface area contributed by atoms with Crippen molar-refractivity contribution in [2.75, 3.05) is 5.73 Å². The molecule has 1 aliphatic rings. The molecule has 20 heavy (non-hydrogen) atoms. The van der Waals surface area contributed by atoms with Gasteiger partial charge in [-0.15, -0.1) is 0 Å². The van der Waals surface area contributed by atoms with Gasteiger partial charge in [0, 0.05) is 16.8 Å². The Morgan fingerprint density at radius 2 is 2.00 bits per heavy atom. The number of rotatable bonds is 3. The van der Waals surface area contributed by atoms with Gasteiger partial charge in [-0.3, -0.25) is 0 Å². The van der Waals surface area contributed by atoms with Crippen molar-refractivity contribution in [3.63, 3.8) is 0 Å². The fourth-order valence-corrected chi connectivity index (χ4v) is 5.21. The maximum Gasteiger partial charge on any atom is 0.242 e. The number of nitrogen functional groups attached to an aromatic ring is 1. The van der Waals surface area contributed by atoms with Crippen molar-refractivity contribution in [2.24, 2.45) is 5.92 Å². The van der Waals surface area contributed by atoms with Crippen LogP contribution >= 0.6 is 27.5 Å². The minimum Gasteiger partial charge on any atom is -0.398 e. The van der Waals surface area contributed by atoms with E-state index in [2.05, 4.69) is 27.6 Å². The predicted molar refractivity (Wildman–Crippen MR) is 85.3 cm³/mol. The summed E-state index contributed by atoms with van der Waals surface area (Å²) in [6, 6.07) is 2.91. The fraction of sp³-hybridized carbons (Fsp3) is 0.538. The first-order chi connectivity index (χ1) is 9.31. The summed E-state index contributed by atoms with van der Waals surface area (Å²) in [6.45, 7) is 2.08. The fourth-order valence-electron chi connectivity index (χ4n) is 2.53. The number of hydrogen-bond acceptors (Lipinski definition) is 3. The number of nitrogens with one attached hydrogen (secondary N) is 1. The quantitative estimate of drug-likeness (QED) is 0.787. The van der Waals surface area contributed by atoms with Crippen molar-refractivity contribution >= 4 is 43.2 Å². The molecule has 1 aromatic rings. The van der Waals surface area contributed by atoms with Crippen molar-refractivity contribution in [2.45, 2.75) is 43.5 Å². The molecule has 0 amide bonds. The van der Waals surface area contributed by atoms with Crippen LogP contribution in [0.4, 0.5) is 5.69 Å². The van der Waals surface area contributed by atoms with Crippen molar-refractivity contribution in [1.82, 2.24) is 4.72 Å². The van der Waals surface area contributed by atoms with Crippen LogP contribution in [-0.2, 0) is 10.0 Å². The maximum atomic E-state index is 12.5. The number of anilines is 1. The summed E-state index contributed by atoms with van der Waals surface area (Å²) in [4.78, 5) is 0.0975. The first-order valence-electron chi connectivity index (χ1n) is 6.58. The van der Waals surface area contributed by atoms with E-state index in [0.717, 1.165) is 25.7 Å². The monoisotopic (exact) mass is 380 g/mol. The lowest BCUT2D eigenvalue weighted by Crippen LogP contribution is -2.41. The molecule has 0 saturated heterocycles. The minimum atomic E-state index is -3.63. The summed E-state index contributed by atoms with van der Waals surface area (Å²) in [5.41, 5.74) is 6.07. The molecule has 2 unspecified atom stereocenters. The Morgan fingerprint density at radius 3 is 2.65 bits per heavy atom. The van der Waals surface area contributed by atoms with Crippen LogP contribution in [0.3, 0.4) is 0 Å². The zero-order valence-electron chi connectivity index (χ0n) is 11.2. The van der Waals surface area contributed by atoms with Gasteiger partial charge in [0.1, 0.15) is 0 Å². The summed E-state index contributed by atoms with van der Waals surface area (Å²) < 4.78 is 28.2. The van der Waals surface area contributed by atoms with Crippen LogP contribution in [-0.4, -0.2) is 14.5 Å². The smallest absolute Gasteiger partial charge is 0.242 e. The average Bonchev–Trinajstić information content (AvgIpc) is 2.36. The Bertz CT molecular complexity index is 607. The first kappa shape index (κ1) is 16.1. The molecule has 0 spiro atoms. The van der Waals surface area contributed by atoms with Gasteiger partial charge in [0.05, 0.1) is 9.37 Å². The van der Waals surface area contributed by atoms with Crippen molar-refractivity contribution in [3.05, 3.63) is 21.6 Å². The Labute approximate surface area is 133 Å².